The van der Waals surface area contributed by atoms with Crippen LogP contribution >= 0.6 is 0 Å². The van der Waals surface area contributed by atoms with Gasteiger partial charge in [-0.2, -0.15) is 0 Å². The van der Waals surface area contributed by atoms with Gasteiger partial charge in [0.1, 0.15) is 17.1 Å². The molecule has 4 aromatic rings. The van der Waals surface area contributed by atoms with E-state index in [2.05, 4.69) is 0 Å². The van der Waals surface area contributed by atoms with E-state index >= 15 is 0 Å². The SMILES string of the molecule is COc1ccc(COC(c2ccccc2)(c2ccc(OC)cc2)c2ccc(CO)c([N+](=O)[O-])c2)cc1. The highest BCUT2D eigenvalue weighted by molar-refractivity contribution is 5.53. The van der Waals surface area contributed by atoms with Crippen LogP contribution < -0.4 is 9.47 Å². The molecular weight excluding hydrogens is 458 g/mol. The molecule has 0 saturated heterocycles. The Kier molecular flexibility index (Phi) is 7.63. The molecule has 0 saturated carbocycles. The molecule has 0 radical (unpaired) electrons. The minimum atomic E-state index is -1.19. The number of nitro benzene ring substituents is 1. The molecule has 0 bridgehead atoms. The van der Waals surface area contributed by atoms with E-state index in [-0.39, 0.29) is 17.9 Å². The fourth-order valence-corrected chi connectivity index (χ4v) is 4.25. The van der Waals surface area contributed by atoms with Crippen LogP contribution in [0.4, 0.5) is 5.69 Å². The third-order valence-electron chi connectivity index (χ3n) is 6.15. The van der Waals surface area contributed by atoms with Crippen LogP contribution in [0.1, 0.15) is 27.8 Å². The van der Waals surface area contributed by atoms with Gasteiger partial charge in [-0.1, -0.05) is 60.7 Å². The summed E-state index contributed by atoms with van der Waals surface area (Å²) in [5.41, 5.74) is 1.92. The molecule has 7 heteroatoms. The Morgan fingerprint density at radius 3 is 1.89 bits per heavy atom. The number of rotatable bonds is 10. The van der Waals surface area contributed by atoms with Crippen molar-refractivity contribution in [1.82, 2.24) is 0 Å². The number of benzene rings is 4. The summed E-state index contributed by atoms with van der Waals surface area (Å²) in [6.07, 6.45) is 0. The molecule has 4 rings (SSSR count). The first-order chi connectivity index (χ1) is 17.5. The first-order valence-electron chi connectivity index (χ1n) is 11.4. The summed E-state index contributed by atoms with van der Waals surface area (Å²) >= 11 is 0. The normalized spacial score (nSPS) is 12.5. The maximum atomic E-state index is 11.9. The van der Waals surface area contributed by atoms with Crippen molar-refractivity contribution in [3.63, 3.8) is 0 Å². The molecule has 36 heavy (non-hydrogen) atoms. The van der Waals surface area contributed by atoms with Crippen LogP contribution in [-0.2, 0) is 23.6 Å². The molecule has 0 aromatic heterocycles. The largest absolute Gasteiger partial charge is 0.497 e. The van der Waals surface area contributed by atoms with Crippen LogP contribution in [0.25, 0.3) is 0 Å². The third-order valence-corrected chi connectivity index (χ3v) is 6.15. The highest BCUT2D eigenvalue weighted by Crippen LogP contribution is 2.43. The lowest BCUT2D eigenvalue weighted by molar-refractivity contribution is -0.386. The van der Waals surface area contributed by atoms with Crippen LogP contribution in [0.15, 0.2) is 97.1 Å². The molecule has 0 heterocycles. The zero-order valence-corrected chi connectivity index (χ0v) is 20.1. The van der Waals surface area contributed by atoms with Crippen LogP contribution in [0.2, 0.25) is 0 Å². The molecular formula is C29H27NO6. The highest BCUT2D eigenvalue weighted by Gasteiger charge is 2.39. The second-order valence-corrected chi connectivity index (χ2v) is 8.17. The smallest absolute Gasteiger partial charge is 0.275 e. The van der Waals surface area contributed by atoms with Gasteiger partial charge < -0.3 is 19.3 Å². The maximum absolute atomic E-state index is 11.9. The molecule has 1 unspecified atom stereocenters. The second kappa shape index (κ2) is 11.0. The van der Waals surface area contributed by atoms with Crippen molar-refractivity contribution in [2.75, 3.05) is 14.2 Å². The minimum absolute atomic E-state index is 0.170. The van der Waals surface area contributed by atoms with Crippen molar-refractivity contribution in [2.45, 2.75) is 18.8 Å². The number of hydrogen-bond donors (Lipinski definition) is 1. The Balaban J connectivity index is 1.93. The first-order valence-corrected chi connectivity index (χ1v) is 11.4. The van der Waals surface area contributed by atoms with E-state index in [1.165, 1.54) is 6.07 Å². The van der Waals surface area contributed by atoms with Gasteiger partial charge in [0.05, 0.1) is 37.9 Å². The Bertz CT molecular complexity index is 1310. The molecule has 7 nitrogen and oxygen atoms in total. The molecule has 0 aliphatic carbocycles. The fourth-order valence-electron chi connectivity index (χ4n) is 4.25. The van der Waals surface area contributed by atoms with Gasteiger partial charge in [0, 0.05) is 6.07 Å². The van der Waals surface area contributed by atoms with Gasteiger partial charge in [0.2, 0.25) is 0 Å². The van der Waals surface area contributed by atoms with E-state index in [0.717, 1.165) is 22.4 Å². The standard InChI is InChI=1S/C29H27NO6/c1-34-26-14-8-21(9-15-26)20-36-29(23-6-4-3-5-7-23,24-12-16-27(35-2)17-13-24)25-11-10-22(19-31)28(18-25)30(32)33/h3-18,31H,19-20H2,1-2H3. The van der Waals surface area contributed by atoms with Crippen LogP contribution in [-0.4, -0.2) is 24.2 Å². The zero-order valence-electron chi connectivity index (χ0n) is 20.1. The molecule has 0 aliphatic heterocycles. The van der Waals surface area contributed by atoms with Gasteiger partial charge in [-0.3, -0.25) is 10.1 Å². The Morgan fingerprint density at radius 1 is 0.778 bits per heavy atom. The van der Waals surface area contributed by atoms with Crippen molar-refractivity contribution >= 4 is 5.69 Å². The van der Waals surface area contributed by atoms with Gasteiger partial charge in [0.25, 0.3) is 5.69 Å². The van der Waals surface area contributed by atoms with Crippen molar-refractivity contribution < 1.29 is 24.2 Å². The van der Waals surface area contributed by atoms with Gasteiger partial charge in [-0.05, 0) is 52.6 Å². The predicted molar refractivity (Wildman–Crippen MR) is 136 cm³/mol. The molecule has 0 aliphatic rings. The van der Waals surface area contributed by atoms with Gasteiger partial charge >= 0.3 is 0 Å². The van der Waals surface area contributed by atoms with Crippen molar-refractivity contribution in [1.29, 1.82) is 0 Å². The number of nitrogens with zero attached hydrogens (tertiary/aromatic N) is 1. The lowest BCUT2D eigenvalue weighted by Gasteiger charge is -2.36. The lowest BCUT2D eigenvalue weighted by atomic mass is 9.79. The molecule has 1 atom stereocenters. The number of methoxy groups -OCH3 is 2. The summed E-state index contributed by atoms with van der Waals surface area (Å²) < 4.78 is 17.4. The number of aliphatic hydroxyl groups excluding tert-OH is 1. The van der Waals surface area contributed by atoms with Crippen LogP contribution in [0, 0.1) is 10.1 Å². The number of aliphatic hydroxyl groups is 1. The van der Waals surface area contributed by atoms with Crippen LogP contribution in [0.5, 0.6) is 11.5 Å². The summed E-state index contributed by atoms with van der Waals surface area (Å²) in [6, 6.07) is 29.4. The first kappa shape index (κ1) is 24.9. The van der Waals surface area contributed by atoms with E-state index in [9.17, 15) is 15.2 Å². The molecule has 1 N–H and O–H groups in total. The lowest BCUT2D eigenvalue weighted by Crippen LogP contribution is -2.33. The molecule has 4 aromatic carbocycles. The van der Waals surface area contributed by atoms with Gasteiger partial charge in [-0.25, -0.2) is 0 Å². The second-order valence-electron chi connectivity index (χ2n) is 8.17. The third kappa shape index (κ3) is 4.93. The van der Waals surface area contributed by atoms with E-state index in [1.54, 1.807) is 26.4 Å². The summed E-state index contributed by atoms with van der Waals surface area (Å²) in [5, 5.41) is 21.6. The van der Waals surface area contributed by atoms with E-state index < -0.39 is 17.1 Å². The fraction of sp³-hybridized carbons (Fsp3) is 0.172. The Hall–Kier alpha value is -4.20. The average Bonchev–Trinajstić information content (AvgIpc) is 2.94. The molecule has 0 spiro atoms. The van der Waals surface area contributed by atoms with Crippen molar-refractivity contribution in [3.8, 4) is 11.5 Å². The van der Waals surface area contributed by atoms with Crippen LogP contribution in [0.3, 0.4) is 0 Å². The zero-order chi connectivity index (χ0) is 25.5. The predicted octanol–water partition coefficient (Wildman–Crippen LogP) is 5.61. The van der Waals surface area contributed by atoms with Gasteiger partial charge in [-0.15, -0.1) is 0 Å². The Labute approximate surface area is 209 Å². The van der Waals surface area contributed by atoms with Crippen molar-refractivity contribution in [3.05, 3.63) is 135 Å². The summed E-state index contributed by atoms with van der Waals surface area (Å²) in [4.78, 5) is 11.4. The topological polar surface area (TPSA) is 91.1 Å². The van der Waals surface area contributed by atoms with Gasteiger partial charge in [0.15, 0.2) is 0 Å². The minimum Gasteiger partial charge on any atom is -0.497 e. The number of ether oxygens (including phenoxy) is 3. The maximum Gasteiger partial charge on any atom is 0.275 e. The highest BCUT2D eigenvalue weighted by atomic mass is 16.6. The number of hydrogen-bond acceptors (Lipinski definition) is 6. The van der Waals surface area contributed by atoms with E-state index in [0.29, 0.717) is 11.3 Å². The molecule has 184 valence electrons. The van der Waals surface area contributed by atoms with Crippen molar-refractivity contribution in [2.24, 2.45) is 0 Å². The monoisotopic (exact) mass is 485 g/mol. The average molecular weight is 486 g/mol. The molecule has 0 amide bonds. The molecule has 0 fully saturated rings. The van der Waals surface area contributed by atoms with E-state index in [4.69, 9.17) is 14.2 Å². The quantitative estimate of drug-likeness (QED) is 0.178. The number of nitro groups is 1. The Morgan fingerprint density at radius 2 is 1.33 bits per heavy atom. The summed E-state index contributed by atoms with van der Waals surface area (Å²) in [5.74, 6) is 1.41. The van der Waals surface area contributed by atoms with E-state index in [1.807, 2.05) is 78.9 Å². The summed E-state index contributed by atoms with van der Waals surface area (Å²) in [6.45, 7) is -0.218. The summed E-state index contributed by atoms with van der Waals surface area (Å²) in [7, 11) is 3.20.